The third kappa shape index (κ3) is 1.90. The number of nitrogens with two attached hydrogens (primary N) is 1. The summed E-state index contributed by atoms with van der Waals surface area (Å²) >= 11 is 0. The summed E-state index contributed by atoms with van der Waals surface area (Å²) in [5.74, 6) is -1.67. The van der Waals surface area contributed by atoms with E-state index in [9.17, 15) is 15.0 Å². The maximum absolute atomic E-state index is 10.5. The molecule has 2 unspecified atom stereocenters. The van der Waals surface area contributed by atoms with Gasteiger partial charge in [0, 0.05) is 0 Å². The molecule has 1 aromatic rings. The van der Waals surface area contributed by atoms with Crippen LogP contribution in [0.4, 0.5) is 0 Å². The lowest BCUT2D eigenvalue weighted by molar-refractivity contribution is -0.171. The van der Waals surface area contributed by atoms with Gasteiger partial charge in [0.25, 0.3) is 0 Å². The molecule has 1 aromatic carbocycles. The molecule has 14 heavy (non-hydrogen) atoms. The smallest absolute Gasteiger partial charge is 0.354 e. The van der Waals surface area contributed by atoms with E-state index in [-0.39, 0.29) is 5.56 Å². The Kier molecular flexibility index (Phi) is 2.85. The first kappa shape index (κ1) is 10.6. The highest BCUT2D eigenvalue weighted by Crippen LogP contribution is 2.21. The lowest BCUT2D eigenvalue weighted by Gasteiger charge is -2.24. The Hall–Kier alpha value is -1.43. The maximum atomic E-state index is 10.5. The SMILES string of the molecule is NC(O)(C(=O)O)C(O)c1ccccc1. The van der Waals surface area contributed by atoms with Gasteiger partial charge in [0.2, 0.25) is 5.72 Å². The molecule has 0 aromatic heterocycles. The average Bonchev–Trinajstić information content (AvgIpc) is 2.17. The molecule has 76 valence electrons. The number of carboxylic acid groups (broad SMARTS) is 1. The topological polar surface area (TPSA) is 104 Å². The second kappa shape index (κ2) is 3.75. The van der Waals surface area contributed by atoms with Crippen molar-refractivity contribution in [1.29, 1.82) is 0 Å². The van der Waals surface area contributed by atoms with Crippen LogP contribution < -0.4 is 5.73 Å². The molecule has 1 rings (SSSR count). The van der Waals surface area contributed by atoms with Gasteiger partial charge >= 0.3 is 5.97 Å². The van der Waals surface area contributed by atoms with Gasteiger partial charge in [-0.15, -0.1) is 0 Å². The lowest BCUT2D eigenvalue weighted by atomic mass is 10.00. The highest BCUT2D eigenvalue weighted by molar-refractivity contribution is 5.77. The van der Waals surface area contributed by atoms with Gasteiger partial charge in [-0.3, -0.25) is 5.73 Å². The first-order valence-corrected chi connectivity index (χ1v) is 3.94. The van der Waals surface area contributed by atoms with Crippen molar-refractivity contribution >= 4 is 5.97 Å². The number of hydrogen-bond donors (Lipinski definition) is 4. The van der Waals surface area contributed by atoms with Crippen LogP contribution in [-0.4, -0.2) is 27.0 Å². The van der Waals surface area contributed by atoms with Crippen molar-refractivity contribution in [3.05, 3.63) is 35.9 Å². The molecule has 0 saturated heterocycles. The van der Waals surface area contributed by atoms with Crippen molar-refractivity contribution in [3.8, 4) is 0 Å². The number of carbonyl (C=O) groups is 1. The molecule has 0 spiro atoms. The quantitative estimate of drug-likeness (QED) is 0.487. The largest absolute Gasteiger partial charge is 0.478 e. The number of aliphatic hydroxyl groups excluding tert-OH is 1. The predicted octanol–water partition coefficient (Wildman–Crippen LogP) is -0.548. The van der Waals surface area contributed by atoms with Gasteiger partial charge < -0.3 is 15.3 Å². The molecule has 0 aliphatic carbocycles. The van der Waals surface area contributed by atoms with Crippen LogP contribution in [-0.2, 0) is 4.79 Å². The Balaban J connectivity index is 2.96. The van der Waals surface area contributed by atoms with Crippen LogP contribution >= 0.6 is 0 Å². The van der Waals surface area contributed by atoms with Crippen molar-refractivity contribution in [3.63, 3.8) is 0 Å². The van der Waals surface area contributed by atoms with Crippen LogP contribution in [0, 0.1) is 0 Å². The molecular weight excluding hydrogens is 186 g/mol. The number of hydrogen-bond acceptors (Lipinski definition) is 4. The van der Waals surface area contributed by atoms with Crippen molar-refractivity contribution in [2.45, 2.75) is 11.8 Å². The molecule has 5 nitrogen and oxygen atoms in total. The highest BCUT2D eigenvalue weighted by atomic mass is 16.4. The van der Waals surface area contributed by atoms with Gasteiger partial charge in [0.15, 0.2) is 0 Å². The number of aliphatic carboxylic acids is 1. The lowest BCUT2D eigenvalue weighted by Crippen LogP contribution is -2.52. The average molecular weight is 197 g/mol. The fourth-order valence-corrected chi connectivity index (χ4v) is 1.01. The standard InChI is InChI=1S/C9H11NO4/c10-9(14,8(12)13)7(11)6-4-2-1-3-5-6/h1-5,7,11,14H,10H2,(H,12,13). The van der Waals surface area contributed by atoms with Crippen molar-refractivity contribution in [2.75, 3.05) is 0 Å². The van der Waals surface area contributed by atoms with E-state index < -0.39 is 17.8 Å². The summed E-state index contributed by atoms with van der Waals surface area (Å²) in [6, 6.07) is 7.87. The molecule has 0 radical (unpaired) electrons. The van der Waals surface area contributed by atoms with Gasteiger partial charge in [-0.2, -0.15) is 0 Å². The first-order valence-electron chi connectivity index (χ1n) is 3.94. The summed E-state index contributed by atoms with van der Waals surface area (Å²) in [5.41, 5.74) is 2.63. The van der Waals surface area contributed by atoms with E-state index in [2.05, 4.69) is 0 Å². The minimum atomic E-state index is -2.67. The van der Waals surface area contributed by atoms with Crippen LogP contribution in [0.15, 0.2) is 30.3 Å². The summed E-state index contributed by atoms with van der Waals surface area (Å²) in [4.78, 5) is 10.5. The molecule has 0 saturated carbocycles. The zero-order chi connectivity index (χ0) is 10.8. The maximum Gasteiger partial charge on any atom is 0.354 e. The molecule has 5 N–H and O–H groups in total. The third-order valence-corrected chi connectivity index (χ3v) is 1.87. The van der Waals surface area contributed by atoms with Crippen LogP contribution in [0.3, 0.4) is 0 Å². The zero-order valence-electron chi connectivity index (χ0n) is 7.29. The Morgan fingerprint density at radius 2 is 1.86 bits per heavy atom. The van der Waals surface area contributed by atoms with Crippen molar-refractivity contribution < 1.29 is 20.1 Å². The number of aliphatic hydroxyl groups is 2. The van der Waals surface area contributed by atoms with E-state index in [1.54, 1.807) is 18.2 Å². The second-order valence-corrected chi connectivity index (χ2v) is 2.94. The summed E-state index contributed by atoms with van der Waals surface area (Å²) in [7, 11) is 0. The summed E-state index contributed by atoms with van der Waals surface area (Å²) in [6.07, 6.45) is -1.65. The molecule has 0 amide bonds. The normalized spacial score (nSPS) is 17.1. The highest BCUT2D eigenvalue weighted by Gasteiger charge is 2.40. The predicted molar refractivity (Wildman–Crippen MR) is 48.2 cm³/mol. The molecule has 2 atom stereocenters. The number of rotatable bonds is 3. The summed E-state index contributed by atoms with van der Waals surface area (Å²) in [5, 5.41) is 27.2. The fourth-order valence-electron chi connectivity index (χ4n) is 1.01. The Morgan fingerprint density at radius 1 is 1.36 bits per heavy atom. The van der Waals surface area contributed by atoms with Crippen LogP contribution in [0.25, 0.3) is 0 Å². The number of carboxylic acids is 1. The molecule has 5 heteroatoms. The van der Waals surface area contributed by atoms with Gasteiger partial charge in [-0.1, -0.05) is 30.3 Å². The molecule has 0 aliphatic heterocycles. The Morgan fingerprint density at radius 3 is 2.29 bits per heavy atom. The van der Waals surface area contributed by atoms with Crippen LogP contribution in [0.1, 0.15) is 11.7 Å². The van der Waals surface area contributed by atoms with Gasteiger partial charge in [0.05, 0.1) is 0 Å². The first-order chi connectivity index (χ1) is 6.46. The monoisotopic (exact) mass is 197 g/mol. The van der Waals surface area contributed by atoms with Crippen molar-refractivity contribution in [1.82, 2.24) is 0 Å². The number of benzene rings is 1. The minimum Gasteiger partial charge on any atom is -0.478 e. The van der Waals surface area contributed by atoms with E-state index in [4.69, 9.17) is 10.8 Å². The van der Waals surface area contributed by atoms with E-state index in [0.717, 1.165) is 0 Å². The van der Waals surface area contributed by atoms with Gasteiger partial charge in [-0.25, -0.2) is 4.79 Å². The summed E-state index contributed by atoms with van der Waals surface area (Å²) in [6.45, 7) is 0. The molecular formula is C9H11NO4. The van der Waals surface area contributed by atoms with E-state index in [1.165, 1.54) is 12.1 Å². The van der Waals surface area contributed by atoms with E-state index in [0.29, 0.717) is 0 Å². The third-order valence-electron chi connectivity index (χ3n) is 1.87. The van der Waals surface area contributed by atoms with E-state index >= 15 is 0 Å². The van der Waals surface area contributed by atoms with Crippen LogP contribution in [0.5, 0.6) is 0 Å². The zero-order valence-corrected chi connectivity index (χ0v) is 7.29. The molecule has 0 bridgehead atoms. The van der Waals surface area contributed by atoms with Crippen LogP contribution in [0.2, 0.25) is 0 Å². The van der Waals surface area contributed by atoms with Crippen molar-refractivity contribution in [2.24, 2.45) is 5.73 Å². The van der Waals surface area contributed by atoms with Gasteiger partial charge in [-0.05, 0) is 5.56 Å². The molecule has 0 fully saturated rings. The second-order valence-electron chi connectivity index (χ2n) is 2.94. The Labute approximate surface area is 80.4 Å². The van der Waals surface area contributed by atoms with Gasteiger partial charge in [0.1, 0.15) is 6.10 Å². The molecule has 0 heterocycles. The Bertz CT molecular complexity index is 323. The minimum absolute atomic E-state index is 0.250. The summed E-state index contributed by atoms with van der Waals surface area (Å²) < 4.78 is 0. The molecule has 0 aliphatic rings. The fraction of sp³-hybridized carbons (Fsp3) is 0.222. The van der Waals surface area contributed by atoms with E-state index in [1.807, 2.05) is 0 Å².